The number of carbonyl (C=O) groups is 1. The van der Waals surface area contributed by atoms with Gasteiger partial charge in [0.2, 0.25) is 0 Å². The highest BCUT2D eigenvalue weighted by Crippen LogP contribution is 2.67. The summed E-state index contributed by atoms with van der Waals surface area (Å²) in [6.45, 7) is 3.59. The van der Waals surface area contributed by atoms with Crippen molar-refractivity contribution in [2.45, 2.75) is 64.1 Å². The van der Waals surface area contributed by atoms with E-state index in [0.717, 1.165) is 31.4 Å². The van der Waals surface area contributed by atoms with Crippen LogP contribution in [0.25, 0.3) is 6.08 Å². The normalized spacial score (nSPS) is 46.8. The second-order valence-corrected chi connectivity index (χ2v) is 10.1. The number of rotatable bonds is 2. The summed E-state index contributed by atoms with van der Waals surface area (Å²) in [5.74, 6) is 0.0713. The fraction of sp³-hybridized carbons (Fsp3) is 0.727. The highest BCUT2D eigenvalue weighted by atomic mass is 16.3. The van der Waals surface area contributed by atoms with Crippen LogP contribution >= 0.6 is 0 Å². The minimum Gasteiger partial charge on any atom is -0.393 e. The highest BCUT2D eigenvalue weighted by Gasteiger charge is 2.68. The van der Waals surface area contributed by atoms with Crippen LogP contribution in [0.4, 0.5) is 0 Å². The average Bonchev–Trinajstić information content (AvgIpc) is 3.20. The van der Waals surface area contributed by atoms with E-state index in [9.17, 15) is 20.1 Å². The molecule has 0 aromatic carbocycles. The molecule has 6 nitrogen and oxygen atoms in total. The number of aliphatic hydroxyl groups excluding tert-OH is 2. The maximum absolute atomic E-state index is 12.5. The topological polar surface area (TPSA) is 106 Å². The smallest absolute Gasteiger partial charge is 0.190 e. The van der Waals surface area contributed by atoms with Crippen LogP contribution in [0.2, 0.25) is 0 Å². The van der Waals surface area contributed by atoms with Crippen molar-refractivity contribution in [3.8, 4) is 0 Å². The Bertz CT molecular complexity index is 862. The number of aromatic amines is 1. The Hall–Kier alpha value is -1.50. The largest absolute Gasteiger partial charge is 0.393 e. The Labute approximate surface area is 165 Å². The van der Waals surface area contributed by atoms with Crippen LogP contribution < -0.4 is 0 Å². The Morgan fingerprint density at radius 3 is 2.89 bits per heavy atom. The molecule has 0 aliphatic heterocycles. The van der Waals surface area contributed by atoms with E-state index < -0.39 is 29.5 Å². The van der Waals surface area contributed by atoms with Gasteiger partial charge >= 0.3 is 0 Å². The van der Waals surface area contributed by atoms with E-state index in [-0.39, 0.29) is 23.2 Å². The van der Waals surface area contributed by atoms with Gasteiger partial charge in [-0.25, -0.2) is 0 Å². The summed E-state index contributed by atoms with van der Waals surface area (Å²) in [4.78, 5) is 12.5. The molecule has 0 bridgehead atoms. The third kappa shape index (κ3) is 2.09. The molecule has 152 valence electrons. The van der Waals surface area contributed by atoms with Crippen molar-refractivity contribution in [3.05, 3.63) is 23.0 Å². The molecule has 6 unspecified atom stereocenters. The Balaban J connectivity index is 1.55. The van der Waals surface area contributed by atoms with Crippen molar-refractivity contribution in [3.63, 3.8) is 0 Å². The molecule has 0 radical (unpaired) electrons. The molecule has 7 atom stereocenters. The molecule has 6 heteroatoms. The molecule has 1 aromatic heterocycles. The number of aliphatic hydroxyl groups is 3. The van der Waals surface area contributed by atoms with E-state index >= 15 is 0 Å². The minimum atomic E-state index is -1.53. The lowest BCUT2D eigenvalue weighted by molar-refractivity contribution is -0.181. The van der Waals surface area contributed by atoms with Crippen LogP contribution in [-0.2, 0) is 11.2 Å². The van der Waals surface area contributed by atoms with Crippen LogP contribution in [-0.4, -0.2) is 49.6 Å². The summed E-state index contributed by atoms with van der Waals surface area (Å²) in [6, 6.07) is 0. The first-order valence-electron chi connectivity index (χ1n) is 10.5. The summed E-state index contributed by atoms with van der Waals surface area (Å²) in [7, 11) is 0. The van der Waals surface area contributed by atoms with Gasteiger partial charge < -0.3 is 15.3 Å². The monoisotopic (exact) mass is 386 g/mol. The fourth-order valence-electron chi connectivity index (χ4n) is 7.69. The first-order valence-corrected chi connectivity index (χ1v) is 10.5. The fourth-order valence-corrected chi connectivity index (χ4v) is 7.69. The van der Waals surface area contributed by atoms with E-state index in [2.05, 4.69) is 23.2 Å². The first kappa shape index (κ1) is 18.5. The number of nitrogens with one attached hydrogen (secondary N) is 1. The van der Waals surface area contributed by atoms with Crippen LogP contribution in [0.5, 0.6) is 0 Å². The van der Waals surface area contributed by atoms with Gasteiger partial charge in [-0.05, 0) is 73.3 Å². The molecule has 4 N–H and O–H groups in total. The second kappa shape index (κ2) is 5.77. The standard InChI is InChI=1S/C22H30N2O4/c1-20-8-12-10-23-24-16(12)7-13(20)3-4-14-15-5-6-22(28,18(27)11-25)21(15,2)9-17(26)19(14)20/h7,10,14-15,17,19,25-26,28H,3-6,8-9,11H2,1-2H3,(H,23,24)/t14?,15?,17?,19?,20?,21?,22-/m0/s1. The number of hydrogen-bond acceptors (Lipinski definition) is 5. The molecule has 4 aliphatic carbocycles. The number of Topliss-reactive ketones (excluding diaryl/α,β-unsaturated/α-hetero) is 1. The lowest BCUT2D eigenvalue weighted by Crippen LogP contribution is -2.62. The molecule has 0 spiro atoms. The van der Waals surface area contributed by atoms with Gasteiger partial charge in [-0.1, -0.05) is 19.4 Å². The van der Waals surface area contributed by atoms with E-state index in [1.54, 1.807) is 0 Å². The molecular weight excluding hydrogens is 356 g/mol. The number of H-pyrrole nitrogens is 1. The zero-order chi connectivity index (χ0) is 19.9. The van der Waals surface area contributed by atoms with Crippen LogP contribution in [0.1, 0.15) is 57.2 Å². The molecule has 1 aromatic rings. The number of hydrogen-bond donors (Lipinski definition) is 4. The lowest BCUT2D eigenvalue weighted by atomic mass is 9.45. The Morgan fingerprint density at radius 1 is 1.36 bits per heavy atom. The summed E-state index contributed by atoms with van der Waals surface area (Å²) in [5.41, 5.74) is 1.34. The number of carbonyl (C=O) groups excluding carboxylic acids is 1. The van der Waals surface area contributed by atoms with Crippen LogP contribution in [0.3, 0.4) is 0 Å². The maximum Gasteiger partial charge on any atom is 0.190 e. The lowest BCUT2D eigenvalue weighted by Gasteiger charge is -2.60. The molecule has 3 saturated carbocycles. The van der Waals surface area contributed by atoms with Gasteiger partial charge in [-0.2, -0.15) is 5.10 Å². The second-order valence-electron chi connectivity index (χ2n) is 10.1. The van der Waals surface area contributed by atoms with Crippen molar-refractivity contribution in [2.75, 3.05) is 6.61 Å². The highest BCUT2D eigenvalue weighted by molar-refractivity contribution is 5.89. The Morgan fingerprint density at radius 2 is 2.14 bits per heavy atom. The van der Waals surface area contributed by atoms with E-state index in [4.69, 9.17) is 0 Å². The van der Waals surface area contributed by atoms with Crippen molar-refractivity contribution in [1.29, 1.82) is 0 Å². The number of nitrogens with zero attached hydrogens (tertiary/aromatic N) is 1. The summed E-state index contributed by atoms with van der Waals surface area (Å²) in [6.07, 6.45) is 7.91. The van der Waals surface area contributed by atoms with Crippen molar-refractivity contribution in [2.24, 2.45) is 28.6 Å². The average molecular weight is 386 g/mol. The van der Waals surface area contributed by atoms with Gasteiger partial charge in [0.1, 0.15) is 12.2 Å². The van der Waals surface area contributed by atoms with Gasteiger partial charge in [0.15, 0.2) is 5.78 Å². The molecule has 28 heavy (non-hydrogen) atoms. The maximum atomic E-state index is 12.5. The summed E-state index contributed by atoms with van der Waals surface area (Å²) in [5, 5.41) is 39.4. The molecule has 0 saturated heterocycles. The van der Waals surface area contributed by atoms with Gasteiger partial charge in [-0.15, -0.1) is 0 Å². The van der Waals surface area contributed by atoms with Gasteiger partial charge in [0, 0.05) is 5.41 Å². The summed E-state index contributed by atoms with van der Waals surface area (Å²) >= 11 is 0. The van der Waals surface area contributed by atoms with Gasteiger partial charge in [0.25, 0.3) is 0 Å². The predicted molar refractivity (Wildman–Crippen MR) is 103 cm³/mol. The van der Waals surface area contributed by atoms with E-state index in [0.29, 0.717) is 12.8 Å². The number of aromatic nitrogens is 2. The molecule has 1 heterocycles. The molecule has 5 rings (SSSR count). The third-order valence-electron chi connectivity index (χ3n) is 9.05. The molecule has 3 fully saturated rings. The quantitative estimate of drug-likeness (QED) is 0.621. The molecular formula is C22H30N2O4. The summed E-state index contributed by atoms with van der Waals surface area (Å²) < 4.78 is 0. The van der Waals surface area contributed by atoms with Crippen molar-refractivity contribution >= 4 is 11.9 Å². The van der Waals surface area contributed by atoms with Crippen molar-refractivity contribution in [1.82, 2.24) is 10.2 Å². The SMILES string of the molecule is CC12Cc3cn[nH]c3C=C1CCC1C2C(O)CC2(C)C1CC[C@]2(O)C(=O)CO. The zero-order valence-corrected chi connectivity index (χ0v) is 16.6. The van der Waals surface area contributed by atoms with Gasteiger partial charge in [0.05, 0.1) is 18.0 Å². The Kier molecular flexibility index (Phi) is 3.82. The minimum absolute atomic E-state index is 0.111. The number of ketones is 1. The van der Waals surface area contributed by atoms with Crippen LogP contribution in [0.15, 0.2) is 11.8 Å². The third-order valence-corrected chi connectivity index (χ3v) is 9.05. The van der Waals surface area contributed by atoms with Crippen molar-refractivity contribution < 1.29 is 20.1 Å². The number of fused-ring (bicyclic) bond motifs is 6. The zero-order valence-electron chi connectivity index (χ0n) is 16.6. The molecule has 0 amide bonds. The number of allylic oxidation sites excluding steroid dienone is 1. The van der Waals surface area contributed by atoms with E-state index in [1.165, 1.54) is 11.1 Å². The van der Waals surface area contributed by atoms with Gasteiger partial charge in [-0.3, -0.25) is 9.89 Å². The van der Waals surface area contributed by atoms with Crippen LogP contribution in [0, 0.1) is 28.6 Å². The van der Waals surface area contributed by atoms with E-state index in [1.807, 2.05) is 13.1 Å². The molecule has 4 aliphatic rings. The predicted octanol–water partition coefficient (Wildman–Crippen LogP) is 1.86. The first-order chi connectivity index (χ1) is 13.2.